The number of nitrogens with zero attached hydrogens (tertiary/aromatic N) is 3. The summed E-state index contributed by atoms with van der Waals surface area (Å²) in [4.78, 5) is 18.3. The van der Waals surface area contributed by atoms with Gasteiger partial charge in [-0.05, 0) is 12.1 Å². The molecular formula is C10H7BrN4O2. The van der Waals surface area contributed by atoms with Gasteiger partial charge in [-0.3, -0.25) is 15.1 Å². The zero-order chi connectivity index (χ0) is 12.4. The van der Waals surface area contributed by atoms with Crippen molar-refractivity contribution < 1.29 is 4.92 Å². The number of nitrogen functional groups attached to an aromatic ring is 1. The maximum atomic E-state index is 11.0. The van der Waals surface area contributed by atoms with Gasteiger partial charge in [0.15, 0.2) is 0 Å². The third kappa shape index (κ3) is 2.23. The number of anilines is 1. The summed E-state index contributed by atoms with van der Waals surface area (Å²) in [7, 11) is 0. The minimum absolute atomic E-state index is 0.0634. The van der Waals surface area contributed by atoms with Crippen molar-refractivity contribution in [2.45, 2.75) is 0 Å². The van der Waals surface area contributed by atoms with E-state index >= 15 is 0 Å². The van der Waals surface area contributed by atoms with Gasteiger partial charge >= 0.3 is 0 Å². The number of hydrogen-bond donors (Lipinski definition) is 1. The molecule has 7 heteroatoms. The molecule has 1 heterocycles. The Morgan fingerprint density at radius 1 is 1.29 bits per heavy atom. The predicted molar refractivity (Wildman–Crippen MR) is 66.2 cm³/mol. The number of rotatable bonds is 2. The zero-order valence-corrected chi connectivity index (χ0v) is 10.1. The maximum absolute atomic E-state index is 11.0. The highest BCUT2D eigenvalue weighted by molar-refractivity contribution is 9.10. The second kappa shape index (κ2) is 4.46. The lowest BCUT2D eigenvalue weighted by molar-refractivity contribution is -0.384. The van der Waals surface area contributed by atoms with Gasteiger partial charge in [-0.2, -0.15) is 0 Å². The minimum Gasteiger partial charge on any atom is -0.382 e. The van der Waals surface area contributed by atoms with Crippen LogP contribution in [0, 0.1) is 10.1 Å². The van der Waals surface area contributed by atoms with E-state index in [4.69, 9.17) is 5.73 Å². The third-order valence-electron chi connectivity index (χ3n) is 2.14. The van der Waals surface area contributed by atoms with Crippen molar-refractivity contribution in [2.24, 2.45) is 0 Å². The van der Waals surface area contributed by atoms with Crippen molar-refractivity contribution in [2.75, 3.05) is 5.73 Å². The Labute approximate surface area is 105 Å². The summed E-state index contributed by atoms with van der Waals surface area (Å²) >= 11 is 3.18. The molecule has 1 aromatic carbocycles. The van der Waals surface area contributed by atoms with Crippen molar-refractivity contribution in [3.05, 3.63) is 45.2 Å². The third-order valence-corrected chi connectivity index (χ3v) is 2.63. The van der Waals surface area contributed by atoms with Crippen LogP contribution in [0.1, 0.15) is 0 Å². The van der Waals surface area contributed by atoms with E-state index in [2.05, 4.69) is 25.9 Å². The monoisotopic (exact) mass is 294 g/mol. The molecule has 0 radical (unpaired) electrons. The van der Waals surface area contributed by atoms with Crippen LogP contribution in [0.4, 0.5) is 11.5 Å². The first-order valence-electron chi connectivity index (χ1n) is 4.60. The van der Waals surface area contributed by atoms with Crippen LogP contribution in [-0.2, 0) is 0 Å². The lowest BCUT2D eigenvalue weighted by atomic mass is 10.1. The van der Waals surface area contributed by atoms with Crippen LogP contribution in [0.3, 0.4) is 0 Å². The van der Waals surface area contributed by atoms with Crippen LogP contribution >= 0.6 is 15.9 Å². The summed E-state index contributed by atoms with van der Waals surface area (Å²) in [6.45, 7) is 0. The summed E-state index contributed by atoms with van der Waals surface area (Å²) in [6.07, 6.45) is 2.88. The Morgan fingerprint density at radius 2 is 2.00 bits per heavy atom. The Hall–Kier alpha value is -2.02. The number of benzene rings is 1. The minimum atomic E-state index is -0.478. The van der Waals surface area contributed by atoms with Gasteiger partial charge in [0, 0.05) is 22.9 Å². The molecule has 0 aliphatic carbocycles. The van der Waals surface area contributed by atoms with Gasteiger partial charge in [0.05, 0.1) is 10.5 Å². The van der Waals surface area contributed by atoms with Gasteiger partial charge in [0.25, 0.3) is 5.69 Å². The molecule has 0 bridgehead atoms. The Bertz CT molecular complexity index is 588. The smallest absolute Gasteiger partial charge is 0.280 e. The van der Waals surface area contributed by atoms with Crippen molar-refractivity contribution in [3.8, 4) is 11.3 Å². The van der Waals surface area contributed by atoms with E-state index in [0.717, 1.165) is 0 Å². The maximum Gasteiger partial charge on any atom is 0.280 e. The van der Waals surface area contributed by atoms with Crippen molar-refractivity contribution in [1.29, 1.82) is 0 Å². The second-order valence-electron chi connectivity index (χ2n) is 3.21. The normalized spacial score (nSPS) is 10.2. The molecule has 6 nitrogen and oxygen atoms in total. The molecular weight excluding hydrogens is 288 g/mol. The molecule has 0 aliphatic rings. The number of nitro benzene ring substituents is 1. The molecule has 86 valence electrons. The average molecular weight is 295 g/mol. The fourth-order valence-corrected chi connectivity index (χ4v) is 1.76. The standard InChI is InChI=1S/C10H7BrN4O2/c11-6-1-2-7(8(5-6)15(16)17)9-10(12)14-4-3-13-9/h1-5H,(H2,12,14). The van der Waals surface area contributed by atoms with Crippen LogP contribution in [0.15, 0.2) is 35.1 Å². The number of nitro groups is 1. The van der Waals surface area contributed by atoms with Crippen molar-refractivity contribution >= 4 is 27.4 Å². The van der Waals surface area contributed by atoms with Crippen molar-refractivity contribution in [3.63, 3.8) is 0 Å². The molecule has 17 heavy (non-hydrogen) atoms. The number of halogens is 1. The summed E-state index contributed by atoms with van der Waals surface area (Å²) in [5.41, 5.74) is 6.25. The highest BCUT2D eigenvalue weighted by atomic mass is 79.9. The molecule has 0 atom stereocenters. The predicted octanol–water partition coefficient (Wildman–Crippen LogP) is 2.40. The van der Waals surface area contributed by atoms with Gasteiger partial charge in [-0.15, -0.1) is 0 Å². The van der Waals surface area contributed by atoms with E-state index in [-0.39, 0.29) is 11.5 Å². The van der Waals surface area contributed by atoms with E-state index in [1.807, 2.05) is 0 Å². The van der Waals surface area contributed by atoms with E-state index in [1.165, 1.54) is 18.5 Å². The van der Waals surface area contributed by atoms with Crippen LogP contribution in [0.2, 0.25) is 0 Å². The molecule has 0 unspecified atom stereocenters. The van der Waals surface area contributed by atoms with Gasteiger partial charge in [-0.25, -0.2) is 4.98 Å². The molecule has 1 aromatic heterocycles. The van der Waals surface area contributed by atoms with E-state index in [0.29, 0.717) is 15.7 Å². The van der Waals surface area contributed by atoms with Gasteiger partial charge in [0.1, 0.15) is 11.5 Å². The van der Waals surface area contributed by atoms with E-state index < -0.39 is 4.92 Å². The number of aromatic nitrogens is 2. The summed E-state index contributed by atoms with van der Waals surface area (Å²) in [5.74, 6) is 0.165. The first-order chi connectivity index (χ1) is 8.09. The quantitative estimate of drug-likeness (QED) is 0.678. The lowest BCUT2D eigenvalue weighted by Crippen LogP contribution is -1.99. The molecule has 2 aromatic rings. The first kappa shape index (κ1) is 11.5. The van der Waals surface area contributed by atoms with Crippen molar-refractivity contribution in [1.82, 2.24) is 9.97 Å². The molecule has 0 spiro atoms. The van der Waals surface area contributed by atoms with Crippen LogP contribution in [0.5, 0.6) is 0 Å². The number of nitrogens with two attached hydrogens (primary N) is 1. The topological polar surface area (TPSA) is 94.9 Å². The van der Waals surface area contributed by atoms with Gasteiger partial charge in [-0.1, -0.05) is 15.9 Å². The Morgan fingerprint density at radius 3 is 2.65 bits per heavy atom. The largest absolute Gasteiger partial charge is 0.382 e. The highest BCUT2D eigenvalue weighted by Crippen LogP contribution is 2.32. The molecule has 0 fully saturated rings. The van der Waals surface area contributed by atoms with E-state index in [9.17, 15) is 10.1 Å². The highest BCUT2D eigenvalue weighted by Gasteiger charge is 2.18. The zero-order valence-electron chi connectivity index (χ0n) is 8.50. The molecule has 0 saturated heterocycles. The van der Waals surface area contributed by atoms with Gasteiger partial charge < -0.3 is 5.73 Å². The Balaban J connectivity index is 2.68. The van der Waals surface area contributed by atoms with Gasteiger partial charge in [0.2, 0.25) is 0 Å². The number of hydrogen-bond acceptors (Lipinski definition) is 5. The summed E-state index contributed by atoms with van der Waals surface area (Å²) < 4.78 is 0.621. The summed E-state index contributed by atoms with van der Waals surface area (Å²) in [6, 6.07) is 4.68. The fourth-order valence-electron chi connectivity index (χ4n) is 1.41. The Kier molecular flexibility index (Phi) is 3.01. The van der Waals surface area contributed by atoms with E-state index in [1.54, 1.807) is 12.1 Å². The summed E-state index contributed by atoms with van der Waals surface area (Å²) in [5, 5.41) is 11.0. The molecule has 2 rings (SSSR count). The molecule has 2 N–H and O–H groups in total. The first-order valence-corrected chi connectivity index (χ1v) is 5.39. The SMILES string of the molecule is Nc1nccnc1-c1ccc(Br)cc1[N+](=O)[O-]. The van der Waals surface area contributed by atoms with Crippen LogP contribution in [0.25, 0.3) is 11.3 Å². The second-order valence-corrected chi connectivity index (χ2v) is 4.12. The lowest BCUT2D eigenvalue weighted by Gasteiger charge is -2.04. The molecule has 0 amide bonds. The average Bonchev–Trinajstić information content (AvgIpc) is 2.30. The fraction of sp³-hybridized carbons (Fsp3) is 0. The molecule has 0 saturated carbocycles. The van der Waals surface area contributed by atoms with Crippen LogP contribution < -0.4 is 5.73 Å². The molecule has 0 aliphatic heterocycles. The van der Waals surface area contributed by atoms with Crippen LogP contribution in [-0.4, -0.2) is 14.9 Å².